The minimum absolute atomic E-state index is 0.127. The summed E-state index contributed by atoms with van der Waals surface area (Å²) in [5.74, 6) is -1.52. The standard InChI is InChI=1S/C46H72N2O8/c1-5-6-7-12-31-22-42(26-49)37-15-16-41(3)43(27-50)33(20-32(25-48-18-17-47-4)40-36(43)21-38(51)56-40)24-45(41,54)44(37,53)23-34-19-30(28(2)29-10-8-9-11-29)13-14-35(39(31)52)46(34,42)55/h20-21,26,28-31,33-35,37,39-40,47-48,50,52-55H,5-19,22-25,27H2,1-4H3/t28-,30+,31+,33-,34+,35-,37+,39-,40+,41+,42-,43+,44-,45+,46-/m0/s1. The third kappa shape index (κ3) is 5.37. The van der Waals surface area contributed by atoms with Crippen molar-refractivity contribution in [3.63, 3.8) is 0 Å². The molecule has 314 valence electrons. The van der Waals surface area contributed by atoms with E-state index in [4.69, 9.17) is 4.74 Å². The summed E-state index contributed by atoms with van der Waals surface area (Å²) >= 11 is 0. The minimum Gasteiger partial charge on any atom is -0.450 e. The van der Waals surface area contributed by atoms with Crippen LogP contribution < -0.4 is 10.6 Å². The van der Waals surface area contributed by atoms with Crippen molar-refractivity contribution in [1.82, 2.24) is 10.6 Å². The zero-order valence-corrected chi connectivity index (χ0v) is 34.6. The number of aliphatic hydroxyl groups is 5. The molecule has 0 radical (unpaired) electrons. The van der Waals surface area contributed by atoms with Crippen LogP contribution in [0.1, 0.15) is 124 Å². The third-order valence-corrected chi connectivity index (χ3v) is 18.8. The Kier molecular flexibility index (Phi) is 10.9. The quantitative estimate of drug-likeness (QED) is 0.0608. The Morgan fingerprint density at radius 1 is 1.02 bits per heavy atom. The van der Waals surface area contributed by atoms with E-state index >= 15 is 0 Å². The fourth-order valence-corrected chi connectivity index (χ4v) is 16.0. The van der Waals surface area contributed by atoms with E-state index in [-0.39, 0.29) is 31.3 Å². The highest BCUT2D eigenvalue weighted by molar-refractivity contribution is 5.87. The van der Waals surface area contributed by atoms with Gasteiger partial charge in [-0.1, -0.05) is 71.8 Å². The molecule has 1 heterocycles. The van der Waals surface area contributed by atoms with Gasteiger partial charge < -0.3 is 45.7 Å². The number of allylic oxidation sites excluding steroid dienone is 1. The summed E-state index contributed by atoms with van der Waals surface area (Å²) in [4.78, 5) is 27.5. The van der Waals surface area contributed by atoms with Gasteiger partial charge in [0, 0.05) is 48.4 Å². The molecule has 10 nitrogen and oxygen atoms in total. The molecule has 56 heavy (non-hydrogen) atoms. The Balaban J connectivity index is 1.25. The first-order chi connectivity index (χ1) is 26.8. The molecule has 6 fully saturated rings. The summed E-state index contributed by atoms with van der Waals surface area (Å²) in [6, 6.07) is 0. The Labute approximate surface area is 334 Å². The molecule has 0 bridgehead atoms. The molecule has 0 aromatic rings. The summed E-state index contributed by atoms with van der Waals surface area (Å²) in [6.07, 6.45) is 15.3. The zero-order chi connectivity index (χ0) is 39.9. The molecule has 0 spiro atoms. The lowest BCUT2D eigenvalue weighted by Crippen LogP contribution is -2.81. The molecule has 15 atom stereocenters. The number of hydrogen-bond acceptors (Lipinski definition) is 10. The SMILES string of the molecule is CCCCC[C@@H]1C[C@]2(C=O)[C@H]3CC[C@@]4(C)[C@](O)(C[C@@H]5C=C(CNCCNC)[C@H]6OC(=O)C=C6[C@@]54CO)[C@]3(O)C[C@H]3C[C@H]([C@@H](C)C4CCCC4)CC[C@@H]([C@H]1O)[C@@]32O. The van der Waals surface area contributed by atoms with Crippen molar-refractivity contribution in [1.29, 1.82) is 0 Å². The molecular formula is C46H72N2O8. The van der Waals surface area contributed by atoms with Gasteiger partial charge in [0.1, 0.15) is 18.0 Å². The van der Waals surface area contributed by atoms with Gasteiger partial charge in [-0.2, -0.15) is 0 Å². The molecule has 0 aromatic heterocycles. The molecule has 0 amide bonds. The first-order valence-corrected chi connectivity index (χ1v) is 22.7. The van der Waals surface area contributed by atoms with Gasteiger partial charge in [-0.15, -0.1) is 0 Å². The van der Waals surface area contributed by atoms with Crippen molar-refractivity contribution in [3.05, 3.63) is 23.3 Å². The number of nitrogens with one attached hydrogen (secondary N) is 2. The summed E-state index contributed by atoms with van der Waals surface area (Å²) in [7, 11) is 1.89. The van der Waals surface area contributed by atoms with E-state index in [1.165, 1.54) is 31.8 Å². The van der Waals surface area contributed by atoms with Crippen LogP contribution in [0.5, 0.6) is 0 Å². The van der Waals surface area contributed by atoms with Crippen LogP contribution in [0.2, 0.25) is 0 Å². The van der Waals surface area contributed by atoms with Crippen LogP contribution in [0, 0.1) is 63.6 Å². The monoisotopic (exact) mass is 781 g/mol. The molecule has 0 unspecified atom stereocenters. The topological polar surface area (TPSA) is 169 Å². The highest BCUT2D eigenvalue weighted by Gasteiger charge is 2.85. The lowest BCUT2D eigenvalue weighted by molar-refractivity contribution is -0.350. The van der Waals surface area contributed by atoms with E-state index in [1.807, 2.05) is 14.0 Å². The maximum Gasteiger partial charge on any atom is 0.331 e. The second-order valence-electron chi connectivity index (χ2n) is 20.5. The number of aliphatic hydroxyl groups excluding tert-OH is 2. The van der Waals surface area contributed by atoms with Crippen molar-refractivity contribution in [2.24, 2.45) is 63.6 Å². The van der Waals surface area contributed by atoms with Crippen LogP contribution in [0.25, 0.3) is 0 Å². The second-order valence-corrected chi connectivity index (χ2v) is 20.5. The number of carbonyl (C=O) groups is 2. The average Bonchev–Trinajstić information content (AvgIpc) is 3.88. The lowest BCUT2D eigenvalue weighted by Gasteiger charge is -2.72. The normalized spacial score (nSPS) is 48.7. The Morgan fingerprint density at radius 3 is 2.48 bits per heavy atom. The average molecular weight is 781 g/mol. The van der Waals surface area contributed by atoms with Gasteiger partial charge in [0.15, 0.2) is 0 Å². The van der Waals surface area contributed by atoms with Crippen molar-refractivity contribution in [2.75, 3.05) is 33.3 Å². The van der Waals surface area contributed by atoms with Crippen LogP contribution in [0.15, 0.2) is 23.3 Å². The third-order valence-electron chi connectivity index (χ3n) is 18.8. The largest absolute Gasteiger partial charge is 0.450 e. The van der Waals surface area contributed by atoms with Crippen LogP contribution in [0.4, 0.5) is 0 Å². The van der Waals surface area contributed by atoms with Gasteiger partial charge >= 0.3 is 5.97 Å². The van der Waals surface area contributed by atoms with Gasteiger partial charge in [0.2, 0.25) is 0 Å². The molecule has 7 aliphatic carbocycles. The zero-order valence-electron chi connectivity index (χ0n) is 34.6. The van der Waals surface area contributed by atoms with Crippen molar-refractivity contribution in [3.8, 4) is 0 Å². The first kappa shape index (κ1) is 41.1. The van der Waals surface area contributed by atoms with Gasteiger partial charge in [0.25, 0.3) is 0 Å². The number of unbranched alkanes of at least 4 members (excludes halogenated alkanes) is 2. The smallest absolute Gasteiger partial charge is 0.331 e. The molecule has 0 saturated heterocycles. The summed E-state index contributed by atoms with van der Waals surface area (Å²) in [6.45, 7) is 8.14. The molecule has 8 aliphatic rings. The van der Waals surface area contributed by atoms with Gasteiger partial charge in [0.05, 0.1) is 29.3 Å². The molecular weight excluding hydrogens is 709 g/mol. The molecule has 10 heteroatoms. The van der Waals surface area contributed by atoms with E-state index in [2.05, 4.69) is 30.6 Å². The van der Waals surface area contributed by atoms with Gasteiger partial charge in [-0.3, -0.25) is 0 Å². The predicted octanol–water partition coefficient (Wildman–Crippen LogP) is 4.60. The Bertz CT molecular complexity index is 1580. The number of hydrogen-bond donors (Lipinski definition) is 7. The van der Waals surface area contributed by atoms with E-state index in [1.54, 1.807) is 0 Å². The second kappa shape index (κ2) is 14.8. The van der Waals surface area contributed by atoms with E-state index in [9.17, 15) is 35.1 Å². The van der Waals surface area contributed by atoms with Crippen LogP contribution >= 0.6 is 0 Å². The Hall–Kier alpha value is -1.66. The highest BCUT2D eigenvalue weighted by atomic mass is 16.5. The van der Waals surface area contributed by atoms with Gasteiger partial charge in [-0.25, -0.2) is 4.79 Å². The maximum absolute atomic E-state index is 14.3. The van der Waals surface area contributed by atoms with Crippen LogP contribution in [-0.4, -0.2) is 100 Å². The molecule has 7 N–H and O–H groups in total. The first-order valence-electron chi connectivity index (χ1n) is 22.7. The number of fused-ring (bicyclic) bond motifs is 8. The molecule has 6 saturated carbocycles. The minimum atomic E-state index is -1.78. The molecule has 0 aromatic carbocycles. The predicted molar refractivity (Wildman–Crippen MR) is 213 cm³/mol. The summed E-state index contributed by atoms with van der Waals surface area (Å²) in [5, 5.41) is 72.1. The number of aldehydes is 1. The van der Waals surface area contributed by atoms with E-state index < -0.39 is 74.9 Å². The maximum atomic E-state index is 14.3. The van der Waals surface area contributed by atoms with Crippen molar-refractivity contribution in [2.45, 2.75) is 153 Å². The number of ether oxygens (including phenoxy) is 1. The number of carbonyl (C=O) groups excluding carboxylic acids is 2. The summed E-state index contributed by atoms with van der Waals surface area (Å²) in [5.41, 5.74) is -7.02. The van der Waals surface area contributed by atoms with Crippen LogP contribution in [0.3, 0.4) is 0 Å². The summed E-state index contributed by atoms with van der Waals surface area (Å²) < 4.78 is 5.97. The lowest BCUT2D eigenvalue weighted by atomic mass is 9.34. The molecule has 8 rings (SSSR count). The Morgan fingerprint density at radius 2 is 1.79 bits per heavy atom. The molecule has 1 aliphatic heterocycles. The highest BCUT2D eigenvalue weighted by Crippen LogP contribution is 2.79. The fourth-order valence-electron chi connectivity index (χ4n) is 16.0. The van der Waals surface area contributed by atoms with Crippen molar-refractivity contribution < 1.29 is 39.9 Å². The van der Waals surface area contributed by atoms with E-state index in [0.717, 1.165) is 50.5 Å². The number of esters is 1. The van der Waals surface area contributed by atoms with Crippen LogP contribution in [-0.2, 0) is 14.3 Å². The fraction of sp³-hybridized carbons (Fsp3) is 0.870. The van der Waals surface area contributed by atoms with Crippen molar-refractivity contribution >= 4 is 12.3 Å². The van der Waals surface area contributed by atoms with Gasteiger partial charge in [-0.05, 0) is 111 Å². The number of likely N-dealkylation sites (N-methyl/N-ethyl adjacent to an activating group) is 1. The number of rotatable bonds is 13. The van der Waals surface area contributed by atoms with E-state index in [0.29, 0.717) is 62.6 Å².